The zero-order valence-electron chi connectivity index (χ0n) is 13.7. The molecular formula is C17H19ClN2O3S. The second-order valence-corrected chi connectivity index (χ2v) is 7.87. The van der Waals surface area contributed by atoms with Crippen LogP contribution < -0.4 is 9.62 Å². The van der Waals surface area contributed by atoms with Crippen LogP contribution in [0.25, 0.3) is 0 Å². The molecule has 0 heterocycles. The molecule has 0 saturated carbocycles. The fourth-order valence-corrected chi connectivity index (χ4v) is 3.65. The third-order valence-corrected chi connectivity index (χ3v) is 4.95. The number of nitrogens with one attached hydrogen (secondary N) is 1. The van der Waals surface area contributed by atoms with E-state index in [1.54, 1.807) is 49.4 Å². The lowest BCUT2D eigenvalue weighted by Gasteiger charge is -2.28. The molecule has 0 aliphatic carbocycles. The van der Waals surface area contributed by atoms with Crippen LogP contribution >= 0.6 is 11.6 Å². The molecule has 7 heteroatoms. The number of hydrogen-bond acceptors (Lipinski definition) is 3. The first-order valence-corrected chi connectivity index (χ1v) is 9.53. The highest BCUT2D eigenvalue weighted by atomic mass is 35.5. The van der Waals surface area contributed by atoms with E-state index in [1.807, 2.05) is 13.0 Å². The Balaban J connectivity index is 2.29. The predicted octanol–water partition coefficient (Wildman–Crippen LogP) is 3.44. The molecule has 0 spiro atoms. The van der Waals surface area contributed by atoms with Crippen LogP contribution in [-0.2, 0) is 14.8 Å². The van der Waals surface area contributed by atoms with Gasteiger partial charge in [0, 0.05) is 10.7 Å². The van der Waals surface area contributed by atoms with Crippen LogP contribution in [0.15, 0.2) is 48.5 Å². The van der Waals surface area contributed by atoms with E-state index in [0.717, 1.165) is 16.1 Å². The largest absolute Gasteiger partial charge is 0.324 e. The Morgan fingerprint density at radius 2 is 1.79 bits per heavy atom. The van der Waals surface area contributed by atoms with Gasteiger partial charge in [0.1, 0.15) is 6.04 Å². The van der Waals surface area contributed by atoms with Gasteiger partial charge in [-0.1, -0.05) is 23.7 Å². The molecule has 0 fully saturated rings. The van der Waals surface area contributed by atoms with Crippen molar-refractivity contribution in [1.82, 2.24) is 0 Å². The highest BCUT2D eigenvalue weighted by molar-refractivity contribution is 7.92. The number of sulfonamides is 1. The van der Waals surface area contributed by atoms with Gasteiger partial charge in [-0.3, -0.25) is 9.10 Å². The average Bonchev–Trinajstić information content (AvgIpc) is 2.48. The molecule has 2 aromatic rings. The SMILES string of the molecule is Cc1cccc(N([C@@H](C)C(=O)Nc2ccc(Cl)cc2)S(C)(=O)=O)c1. The minimum Gasteiger partial charge on any atom is -0.324 e. The minimum absolute atomic E-state index is 0.427. The molecule has 0 aliphatic heterocycles. The van der Waals surface area contributed by atoms with Crippen molar-refractivity contribution in [3.05, 3.63) is 59.1 Å². The summed E-state index contributed by atoms with van der Waals surface area (Å²) >= 11 is 5.82. The molecule has 1 atom stereocenters. The Labute approximate surface area is 147 Å². The van der Waals surface area contributed by atoms with E-state index in [-0.39, 0.29) is 0 Å². The summed E-state index contributed by atoms with van der Waals surface area (Å²) in [4.78, 5) is 12.5. The van der Waals surface area contributed by atoms with Crippen molar-refractivity contribution in [3.8, 4) is 0 Å². The number of aryl methyl sites for hydroxylation is 1. The van der Waals surface area contributed by atoms with Crippen molar-refractivity contribution in [2.24, 2.45) is 0 Å². The van der Waals surface area contributed by atoms with E-state index >= 15 is 0 Å². The fraction of sp³-hybridized carbons (Fsp3) is 0.235. The molecule has 0 aromatic heterocycles. The van der Waals surface area contributed by atoms with E-state index in [4.69, 9.17) is 11.6 Å². The molecule has 0 aliphatic rings. The normalized spacial score (nSPS) is 12.5. The molecule has 0 unspecified atom stereocenters. The molecule has 1 amide bonds. The smallest absolute Gasteiger partial charge is 0.247 e. The van der Waals surface area contributed by atoms with Crippen LogP contribution in [0.5, 0.6) is 0 Å². The van der Waals surface area contributed by atoms with Crippen molar-refractivity contribution >= 4 is 38.9 Å². The van der Waals surface area contributed by atoms with Crippen LogP contribution in [0.4, 0.5) is 11.4 Å². The summed E-state index contributed by atoms with van der Waals surface area (Å²) in [6.45, 7) is 3.41. The van der Waals surface area contributed by atoms with Crippen LogP contribution in [0.1, 0.15) is 12.5 Å². The highest BCUT2D eigenvalue weighted by Crippen LogP contribution is 2.23. The van der Waals surface area contributed by atoms with Gasteiger partial charge in [-0.15, -0.1) is 0 Å². The van der Waals surface area contributed by atoms with Gasteiger partial charge in [0.15, 0.2) is 0 Å². The second kappa shape index (κ2) is 7.23. The maximum Gasteiger partial charge on any atom is 0.247 e. The van der Waals surface area contributed by atoms with Crippen LogP contribution in [0.3, 0.4) is 0 Å². The number of halogens is 1. The average molecular weight is 367 g/mol. The summed E-state index contributed by atoms with van der Waals surface area (Å²) in [7, 11) is -3.63. The van der Waals surface area contributed by atoms with Gasteiger partial charge >= 0.3 is 0 Å². The Morgan fingerprint density at radius 1 is 1.17 bits per heavy atom. The topological polar surface area (TPSA) is 66.5 Å². The maximum atomic E-state index is 12.5. The highest BCUT2D eigenvalue weighted by Gasteiger charge is 2.29. The molecule has 0 saturated heterocycles. The fourth-order valence-electron chi connectivity index (χ4n) is 2.35. The number of carbonyl (C=O) groups excluding carboxylic acids is 1. The monoisotopic (exact) mass is 366 g/mol. The number of benzene rings is 2. The third-order valence-electron chi connectivity index (χ3n) is 3.46. The summed E-state index contributed by atoms with van der Waals surface area (Å²) < 4.78 is 25.5. The van der Waals surface area contributed by atoms with E-state index in [2.05, 4.69) is 5.32 Å². The number of carbonyl (C=O) groups is 1. The molecule has 2 rings (SSSR count). The van der Waals surface area contributed by atoms with Crippen molar-refractivity contribution in [2.45, 2.75) is 19.9 Å². The molecule has 5 nitrogen and oxygen atoms in total. The Morgan fingerprint density at radius 3 is 2.33 bits per heavy atom. The van der Waals surface area contributed by atoms with E-state index in [1.165, 1.54) is 0 Å². The van der Waals surface area contributed by atoms with Crippen LogP contribution in [0.2, 0.25) is 5.02 Å². The lowest BCUT2D eigenvalue weighted by molar-refractivity contribution is -0.116. The Hall–Kier alpha value is -2.05. The first kappa shape index (κ1) is 18.3. The Bertz CT molecular complexity index is 835. The molecule has 0 bridgehead atoms. The number of nitrogens with zero attached hydrogens (tertiary/aromatic N) is 1. The zero-order chi connectivity index (χ0) is 17.9. The first-order valence-electron chi connectivity index (χ1n) is 7.31. The summed E-state index contributed by atoms with van der Waals surface area (Å²) in [5, 5.41) is 3.26. The molecule has 2 aromatic carbocycles. The summed E-state index contributed by atoms with van der Waals surface area (Å²) in [6.07, 6.45) is 1.08. The lowest BCUT2D eigenvalue weighted by atomic mass is 10.2. The molecule has 24 heavy (non-hydrogen) atoms. The molecule has 1 N–H and O–H groups in total. The van der Waals surface area contributed by atoms with Crippen LogP contribution in [0, 0.1) is 6.92 Å². The van der Waals surface area contributed by atoms with Gasteiger partial charge in [0.2, 0.25) is 15.9 Å². The molecular weight excluding hydrogens is 348 g/mol. The van der Waals surface area contributed by atoms with Gasteiger partial charge in [0.25, 0.3) is 0 Å². The third kappa shape index (κ3) is 4.49. The number of rotatable bonds is 5. The maximum absolute atomic E-state index is 12.5. The van der Waals surface area contributed by atoms with Gasteiger partial charge in [-0.05, 0) is 55.8 Å². The summed E-state index contributed by atoms with van der Waals surface area (Å²) in [5.74, 6) is -0.427. The van der Waals surface area contributed by atoms with Crippen molar-refractivity contribution in [3.63, 3.8) is 0 Å². The number of amides is 1. The van der Waals surface area contributed by atoms with E-state index < -0.39 is 22.0 Å². The van der Waals surface area contributed by atoms with Crippen molar-refractivity contribution in [2.75, 3.05) is 15.9 Å². The molecule has 128 valence electrons. The predicted molar refractivity (Wildman–Crippen MR) is 98.0 cm³/mol. The van der Waals surface area contributed by atoms with E-state index in [9.17, 15) is 13.2 Å². The lowest BCUT2D eigenvalue weighted by Crippen LogP contribution is -2.45. The molecule has 0 radical (unpaired) electrons. The minimum atomic E-state index is -3.63. The standard InChI is InChI=1S/C17H19ClN2O3S/c1-12-5-4-6-16(11-12)20(24(3,22)23)13(2)17(21)19-15-9-7-14(18)8-10-15/h4-11,13H,1-3H3,(H,19,21)/t13-/m0/s1. The summed E-state index contributed by atoms with van der Waals surface area (Å²) in [6, 6.07) is 12.7. The van der Waals surface area contributed by atoms with E-state index in [0.29, 0.717) is 16.4 Å². The zero-order valence-corrected chi connectivity index (χ0v) is 15.2. The van der Waals surface area contributed by atoms with Gasteiger partial charge in [-0.2, -0.15) is 0 Å². The van der Waals surface area contributed by atoms with Crippen molar-refractivity contribution in [1.29, 1.82) is 0 Å². The summed E-state index contributed by atoms with van der Waals surface area (Å²) in [5.41, 5.74) is 1.91. The number of hydrogen-bond donors (Lipinski definition) is 1. The van der Waals surface area contributed by atoms with Gasteiger partial charge in [0.05, 0.1) is 11.9 Å². The number of anilines is 2. The van der Waals surface area contributed by atoms with Crippen LogP contribution in [-0.4, -0.2) is 26.6 Å². The van der Waals surface area contributed by atoms with Gasteiger partial charge in [-0.25, -0.2) is 8.42 Å². The van der Waals surface area contributed by atoms with Gasteiger partial charge < -0.3 is 5.32 Å². The Kier molecular flexibility index (Phi) is 5.51. The second-order valence-electron chi connectivity index (χ2n) is 5.57. The van der Waals surface area contributed by atoms with Crippen molar-refractivity contribution < 1.29 is 13.2 Å². The quantitative estimate of drug-likeness (QED) is 0.881. The first-order chi connectivity index (χ1) is 11.2.